The summed E-state index contributed by atoms with van der Waals surface area (Å²) in [6, 6.07) is 8.90. The van der Waals surface area contributed by atoms with Crippen molar-refractivity contribution in [1.82, 2.24) is 4.31 Å². The topological polar surface area (TPSA) is 20.3 Å². The second-order valence-corrected chi connectivity index (χ2v) is 6.93. The number of thiol groups is 1. The molecule has 0 aromatic heterocycles. The highest BCUT2D eigenvalue weighted by atomic mass is 32.2. The molecule has 1 heterocycles. The summed E-state index contributed by atoms with van der Waals surface area (Å²) in [4.78, 5) is 12.8. The zero-order chi connectivity index (χ0) is 12.4. The molecule has 2 nitrogen and oxygen atoms in total. The zero-order valence-electron chi connectivity index (χ0n) is 10.5. The van der Waals surface area contributed by atoms with Gasteiger partial charge in [-0.05, 0) is 36.0 Å². The fourth-order valence-corrected chi connectivity index (χ4v) is 5.13. The van der Waals surface area contributed by atoms with E-state index >= 15 is 0 Å². The van der Waals surface area contributed by atoms with E-state index in [1.54, 1.807) is 0 Å². The molecule has 1 amide bonds. The molecular formula is C15H19NOS. The third-order valence-corrected chi connectivity index (χ3v) is 6.14. The smallest absolute Gasteiger partial charge is 0.218 e. The third-order valence-electron chi connectivity index (χ3n) is 3.88. The Balaban J connectivity index is 1.85. The first-order valence-corrected chi connectivity index (χ1v) is 8.06. The molecule has 1 aliphatic heterocycles. The van der Waals surface area contributed by atoms with Crippen molar-refractivity contribution in [2.75, 3.05) is 0 Å². The van der Waals surface area contributed by atoms with E-state index in [1.165, 1.54) is 42.6 Å². The SMILES string of the molecule is O=CN(C1CCCCC1)[SH]1C=Cc2ccccc21. The highest BCUT2D eigenvalue weighted by molar-refractivity contribution is 8.18. The van der Waals surface area contributed by atoms with Crippen LogP contribution in [0, 0.1) is 0 Å². The molecule has 1 aromatic rings. The number of carbonyl (C=O) groups excluding carboxylic acids is 1. The summed E-state index contributed by atoms with van der Waals surface area (Å²) in [5.41, 5.74) is 1.28. The molecule has 1 fully saturated rings. The Labute approximate surface area is 111 Å². The van der Waals surface area contributed by atoms with Crippen LogP contribution in [0.15, 0.2) is 34.6 Å². The van der Waals surface area contributed by atoms with Crippen LogP contribution in [-0.4, -0.2) is 16.8 Å². The van der Waals surface area contributed by atoms with E-state index in [0.717, 1.165) is 6.41 Å². The van der Waals surface area contributed by atoms with Gasteiger partial charge in [-0.1, -0.05) is 37.5 Å². The van der Waals surface area contributed by atoms with Gasteiger partial charge in [0.2, 0.25) is 6.41 Å². The van der Waals surface area contributed by atoms with Crippen LogP contribution in [0.1, 0.15) is 37.7 Å². The summed E-state index contributed by atoms with van der Waals surface area (Å²) in [5.74, 6) is 0. The molecule has 3 rings (SSSR count). The van der Waals surface area contributed by atoms with E-state index in [2.05, 4.69) is 40.1 Å². The molecule has 0 radical (unpaired) electrons. The monoisotopic (exact) mass is 261 g/mol. The Morgan fingerprint density at radius 3 is 2.72 bits per heavy atom. The molecule has 1 atom stereocenters. The van der Waals surface area contributed by atoms with Crippen molar-refractivity contribution >= 4 is 23.6 Å². The summed E-state index contributed by atoms with van der Waals surface area (Å²) < 4.78 is 2.09. The van der Waals surface area contributed by atoms with Gasteiger partial charge in [0, 0.05) is 10.9 Å². The maximum atomic E-state index is 11.5. The number of rotatable bonds is 3. The molecule has 2 aliphatic rings. The number of benzene rings is 1. The quantitative estimate of drug-likeness (QED) is 0.649. The first-order chi connectivity index (χ1) is 8.90. The van der Waals surface area contributed by atoms with Gasteiger partial charge in [-0.3, -0.25) is 9.10 Å². The molecule has 18 heavy (non-hydrogen) atoms. The summed E-state index contributed by atoms with van der Waals surface area (Å²) in [6.07, 6.45) is 9.45. The average molecular weight is 261 g/mol. The molecule has 0 spiro atoms. The predicted molar refractivity (Wildman–Crippen MR) is 77.5 cm³/mol. The molecule has 1 aromatic carbocycles. The first kappa shape index (κ1) is 11.8. The van der Waals surface area contributed by atoms with Crippen LogP contribution in [-0.2, 0) is 4.79 Å². The van der Waals surface area contributed by atoms with Crippen molar-refractivity contribution in [2.45, 2.75) is 43.0 Å². The number of fused-ring (bicyclic) bond motifs is 1. The van der Waals surface area contributed by atoms with Gasteiger partial charge < -0.3 is 0 Å². The summed E-state index contributed by atoms with van der Waals surface area (Å²) in [7, 11) is 0. The molecule has 1 saturated carbocycles. The second kappa shape index (κ2) is 5.19. The molecule has 3 heteroatoms. The Kier molecular flexibility index (Phi) is 3.41. The highest BCUT2D eigenvalue weighted by Gasteiger charge is 2.26. The van der Waals surface area contributed by atoms with E-state index in [0.29, 0.717) is 6.04 Å². The minimum absolute atomic E-state index is 0.457. The van der Waals surface area contributed by atoms with Gasteiger partial charge in [-0.15, -0.1) is 11.1 Å². The van der Waals surface area contributed by atoms with Crippen LogP contribution < -0.4 is 0 Å². The van der Waals surface area contributed by atoms with E-state index in [-0.39, 0.29) is 0 Å². The average Bonchev–Trinajstić information content (AvgIpc) is 2.85. The minimum Gasteiger partial charge on any atom is -0.299 e. The number of hydrogen-bond donors (Lipinski definition) is 1. The first-order valence-electron chi connectivity index (χ1n) is 6.70. The zero-order valence-corrected chi connectivity index (χ0v) is 11.4. The van der Waals surface area contributed by atoms with Crippen LogP contribution in [0.5, 0.6) is 0 Å². The van der Waals surface area contributed by atoms with Crippen LogP contribution in [0.3, 0.4) is 0 Å². The van der Waals surface area contributed by atoms with Gasteiger partial charge in [-0.25, -0.2) is 0 Å². The van der Waals surface area contributed by atoms with Crippen molar-refractivity contribution < 1.29 is 4.79 Å². The van der Waals surface area contributed by atoms with Gasteiger partial charge in [-0.2, -0.15) is 0 Å². The van der Waals surface area contributed by atoms with E-state index in [1.807, 2.05) is 0 Å². The maximum Gasteiger partial charge on any atom is 0.218 e. The van der Waals surface area contributed by atoms with Crippen molar-refractivity contribution in [2.24, 2.45) is 0 Å². The Morgan fingerprint density at radius 1 is 1.17 bits per heavy atom. The molecular weight excluding hydrogens is 242 g/mol. The van der Waals surface area contributed by atoms with E-state index in [4.69, 9.17) is 0 Å². The number of amides is 1. The number of nitrogens with zero attached hydrogens (tertiary/aromatic N) is 1. The van der Waals surface area contributed by atoms with Gasteiger partial charge in [0.05, 0.1) is 0 Å². The summed E-state index contributed by atoms with van der Waals surface area (Å²) >= 11 is -0.563. The third kappa shape index (κ3) is 2.07. The molecule has 1 unspecified atom stereocenters. The van der Waals surface area contributed by atoms with E-state index < -0.39 is 11.1 Å². The lowest BCUT2D eigenvalue weighted by molar-refractivity contribution is -0.115. The number of carbonyl (C=O) groups is 1. The predicted octanol–water partition coefficient (Wildman–Crippen LogP) is 3.74. The standard InChI is InChI=1S/C15H19NOS/c17-12-16(14-7-2-1-3-8-14)18-11-10-13-6-4-5-9-15(13)18/h4-6,9-12,14,18H,1-3,7-8H2. The number of hydrogen-bond acceptors (Lipinski definition) is 1. The van der Waals surface area contributed by atoms with Crippen LogP contribution in [0.25, 0.3) is 6.08 Å². The molecule has 0 saturated heterocycles. The largest absolute Gasteiger partial charge is 0.299 e. The molecule has 96 valence electrons. The lowest BCUT2D eigenvalue weighted by atomic mass is 9.96. The fourth-order valence-electron chi connectivity index (χ4n) is 2.93. The van der Waals surface area contributed by atoms with Gasteiger partial charge in [0.25, 0.3) is 0 Å². The second-order valence-electron chi connectivity index (χ2n) is 5.00. The van der Waals surface area contributed by atoms with Crippen LogP contribution in [0.4, 0.5) is 0 Å². The normalized spacial score (nSPS) is 24.8. The summed E-state index contributed by atoms with van der Waals surface area (Å²) in [5, 5.41) is 2.23. The Bertz CT molecular complexity index is 465. The van der Waals surface area contributed by atoms with Crippen molar-refractivity contribution in [1.29, 1.82) is 0 Å². The van der Waals surface area contributed by atoms with Gasteiger partial charge >= 0.3 is 0 Å². The molecule has 0 bridgehead atoms. The van der Waals surface area contributed by atoms with Crippen molar-refractivity contribution in [3.8, 4) is 0 Å². The summed E-state index contributed by atoms with van der Waals surface area (Å²) in [6.45, 7) is 0. The van der Waals surface area contributed by atoms with Crippen molar-refractivity contribution in [3.63, 3.8) is 0 Å². The maximum absolute atomic E-state index is 11.5. The molecule has 0 N–H and O–H groups in total. The van der Waals surface area contributed by atoms with Crippen LogP contribution in [0.2, 0.25) is 0 Å². The molecule has 1 aliphatic carbocycles. The Morgan fingerprint density at radius 2 is 1.94 bits per heavy atom. The van der Waals surface area contributed by atoms with Crippen LogP contribution >= 0.6 is 11.1 Å². The lowest BCUT2D eigenvalue weighted by Gasteiger charge is -2.37. The Hall–Kier alpha value is -1.22. The van der Waals surface area contributed by atoms with Gasteiger partial charge in [0.15, 0.2) is 0 Å². The highest BCUT2D eigenvalue weighted by Crippen LogP contribution is 2.50. The van der Waals surface area contributed by atoms with Crippen molar-refractivity contribution in [3.05, 3.63) is 35.2 Å². The fraction of sp³-hybridized carbons (Fsp3) is 0.400. The minimum atomic E-state index is -0.563. The lowest BCUT2D eigenvalue weighted by Crippen LogP contribution is -2.32. The van der Waals surface area contributed by atoms with Gasteiger partial charge in [0.1, 0.15) is 0 Å². The van der Waals surface area contributed by atoms with E-state index in [9.17, 15) is 4.79 Å².